The molecule has 0 amide bonds. The van der Waals surface area contributed by atoms with E-state index < -0.39 is 11.8 Å². The smallest absolute Gasteiger partial charge is 0.355 e. The SMILES string of the molecule is N#Cc1ccc(F)c(COC(=O)c2cc(Cl)c(Cl)[nH]2)c1. The lowest BCUT2D eigenvalue weighted by Gasteiger charge is -2.05. The molecule has 4 nitrogen and oxygen atoms in total. The molecule has 0 aliphatic carbocycles. The molecular weight excluding hydrogens is 306 g/mol. The Morgan fingerprint density at radius 1 is 1.40 bits per heavy atom. The number of benzene rings is 1. The fourth-order valence-corrected chi connectivity index (χ4v) is 1.80. The molecule has 20 heavy (non-hydrogen) atoms. The lowest BCUT2D eigenvalue weighted by atomic mass is 10.1. The summed E-state index contributed by atoms with van der Waals surface area (Å²) >= 11 is 11.4. The highest BCUT2D eigenvalue weighted by molar-refractivity contribution is 6.41. The van der Waals surface area contributed by atoms with E-state index >= 15 is 0 Å². The van der Waals surface area contributed by atoms with Gasteiger partial charge in [0.1, 0.15) is 23.3 Å². The highest BCUT2D eigenvalue weighted by Crippen LogP contribution is 2.22. The molecule has 0 aliphatic heterocycles. The third-order valence-electron chi connectivity index (χ3n) is 2.48. The fourth-order valence-electron chi connectivity index (χ4n) is 1.49. The Morgan fingerprint density at radius 2 is 2.15 bits per heavy atom. The van der Waals surface area contributed by atoms with Gasteiger partial charge in [0.05, 0.1) is 16.7 Å². The van der Waals surface area contributed by atoms with E-state index in [1.807, 2.05) is 6.07 Å². The summed E-state index contributed by atoms with van der Waals surface area (Å²) in [5.74, 6) is -1.28. The summed E-state index contributed by atoms with van der Waals surface area (Å²) in [4.78, 5) is 14.2. The minimum absolute atomic E-state index is 0.0665. The summed E-state index contributed by atoms with van der Waals surface area (Å²) in [6, 6.07) is 6.99. The number of nitrogens with one attached hydrogen (secondary N) is 1. The van der Waals surface area contributed by atoms with Gasteiger partial charge < -0.3 is 9.72 Å². The van der Waals surface area contributed by atoms with Crippen LogP contribution in [0.2, 0.25) is 10.2 Å². The Balaban J connectivity index is 2.09. The van der Waals surface area contributed by atoms with E-state index in [0.717, 1.165) is 6.07 Å². The summed E-state index contributed by atoms with van der Waals surface area (Å²) < 4.78 is 18.4. The van der Waals surface area contributed by atoms with E-state index in [9.17, 15) is 9.18 Å². The number of aromatic amines is 1. The number of H-pyrrole nitrogens is 1. The summed E-state index contributed by atoms with van der Waals surface area (Å²) in [5.41, 5.74) is 0.460. The van der Waals surface area contributed by atoms with Crippen molar-refractivity contribution in [3.63, 3.8) is 0 Å². The van der Waals surface area contributed by atoms with Crippen LogP contribution >= 0.6 is 23.2 Å². The van der Waals surface area contributed by atoms with Crippen molar-refractivity contribution in [1.82, 2.24) is 4.98 Å². The maximum atomic E-state index is 13.5. The first-order valence-electron chi connectivity index (χ1n) is 5.41. The standard InChI is InChI=1S/C13H7Cl2FN2O2/c14-9-4-11(18-12(9)15)13(19)20-6-8-3-7(5-17)1-2-10(8)16/h1-4,18H,6H2. The van der Waals surface area contributed by atoms with Gasteiger partial charge in [-0.3, -0.25) is 0 Å². The van der Waals surface area contributed by atoms with Crippen LogP contribution in [0.15, 0.2) is 24.3 Å². The van der Waals surface area contributed by atoms with E-state index in [1.165, 1.54) is 18.2 Å². The first-order chi connectivity index (χ1) is 9.51. The fraction of sp³-hybridized carbons (Fsp3) is 0.0769. The number of rotatable bonds is 3. The zero-order valence-corrected chi connectivity index (χ0v) is 11.4. The molecule has 0 saturated heterocycles. The number of ether oxygens (including phenoxy) is 1. The van der Waals surface area contributed by atoms with Crippen LogP contribution in [-0.4, -0.2) is 11.0 Å². The maximum absolute atomic E-state index is 13.5. The van der Waals surface area contributed by atoms with Crippen LogP contribution in [0.4, 0.5) is 4.39 Å². The molecule has 0 saturated carbocycles. The van der Waals surface area contributed by atoms with Gasteiger partial charge in [0, 0.05) is 5.56 Å². The molecule has 102 valence electrons. The predicted octanol–water partition coefficient (Wildman–Crippen LogP) is 3.69. The third-order valence-corrected chi connectivity index (χ3v) is 3.17. The molecule has 1 aromatic carbocycles. The van der Waals surface area contributed by atoms with Crippen molar-refractivity contribution < 1.29 is 13.9 Å². The van der Waals surface area contributed by atoms with Crippen molar-refractivity contribution >= 4 is 29.2 Å². The Hall–Kier alpha value is -2.03. The highest BCUT2D eigenvalue weighted by Gasteiger charge is 2.14. The van der Waals surface area contributed by atoms with Gasteiger partial charge in [-0.15, -0.1) is 0 Å². The minimum atomic E-state index is -0.722. The normalized spacial score (nSPS) is 10.1. The number of carbonyl (C=O) groups excluding carboxylic acids is 1. The molecule has 0 unspecified atom stereocenters. The van der Waals surface area contributed by atoms with E-state index in [2.05, 4.69) is 4.98 Å². The van der Waals surface area contributed by atoms with E-state index in [4.69, 9.17) is 33.2 Å². The number of aromatic nitrogens is 1. The first-order valence-corrected chi connectivity index (χ1v) is 6.16. The molecular formula is C13H7Cl2FN2O2. The van der Waals surface area contributed by atoms with Gasteiger partial charge in [-0.25, -0.2) is 9.18 Å². The van der Waals surface area contributed by atoms with E-state index in [0.29, 0.717) is 0 Å². The first kappa shape index (κ1) is 14.4. The number of esters is 1. The summed E-state index contributed by atoms with van der Waals surface area (Å²) in [6.45, 7) is -0.297. The molecule has 0 radical (unpaired) electrons. The second-order valence-electron chi connectivity index (χ2n) is 3.84. The van der Waals surface area contributed by atoms with Gasteiger partial charge in [0.25, 0.3) is 0 Å². The molecule has 1 N–H and O–H groups in total. The molecule has 2 rings (SSSR count). The number of nitrogens with zero attached hydrogens (tertiary/aromatic N) is 1. The number of hydrogen-bond acceptors (Lipinski definition) is 3. The van der Waals surface area contributed by atoms with Crippen LogP contribution < -0.4 is 0 Å². The highest BCUT2D eigenvalue weighted by atomic mass is 35.5. The summed E-state index contributed by atoms with van der Waals surface area (Å²) in [6.07, 6.45) is 0. The van der Waals surface area contributed by atoms with Crippen LogP contribution in [0.3, 0.4) is 0 Å². The Morgan fingerprint density at radius 3 is 2.75 bits per heavy atom. The second kappa shape index (κ2) is 5.95. The Kier molecular flexibility index (Phi) is 4.28. The molecule has 7 heteroatoms. The molecule has 2 aromatic rings. The summed E-state index contributed by atoms with van der Waals surface area (Å²) in [7, 11) is 0. The Labute approximate surface area is 123 Å². The second-order valence-corrected chi connectivity index (χ2v) is 4.62. The lowest BCUT2D eigenvalue weighted by Crippen LogP contribution is -2.06. The summed E-state index contributed by atoms with van der Waals surface area (Å²) in [5, 5.41) is 9.04. The number of halogens is 3. The monoisotopic (exact) mass is 312 g/mol. The van der Waals surface area contributed by atoms with Crippen molar-refractivity contribution in [3.05, 3.63) is 57.1 Å². The molecule has 0 fully saturated rings. The number of carbonyl (C=O) groups is 1. The van der Waals surface area contributed by atoms with Crippen LogP contribution in [0.1, 0.15) is 21.6 Å². The van der Waals surface area contributed by atoms with Crippen LogP contribution in [-0.2, 0) is 11.3 Å². The maximum Gasteiger partial charge on any atom is 0.355 e. The topological polar surface area (TPSA) is 65.9 Å². The number of hydrogen-bond donors (Lipinski definition) is 1. The minimum Gasteiger partial charge on any atom is -0.456 e. The van der Waals surface area contributed by atoms with Gasteiger partial charge in [-0.05, 0) is 24.3 Å². The molecule has 0 aliphatic rings. The number of nitriles is 1. The molecule has 0 bridgehead atoms. The quantitative estimate of drug-likeness (QED) is 0.879. The predicted molar refractivity (Wildman–Crippen MR) is 71.0 cm³/mol. The zero-order chi connectivity index (χ0) is 14.7. The zero-order valence-electron chi connectivity index (χ0n) is 9.91. The van der Waals surface area contributed by atoms with Crippen molar-refractivity contribution in [2.45, 2.75) is 6.61 Å². The van der Waals surface area contributed by atoms with Crippen molar-refractivity contribution in [1.29, 1.82) is 5.26 Å². The van der Waals surface area contributed by atoms with Gasteiger partial charge in [-0.1, -0.05) is 23.2 Å². The molecule has 0 atom stereocenters. The third kappa shape index (κ3) is 3.10. The lowest BCUT2D eigenvalue weighted by molar-refractivity contribution is 0.0463. The van der Waals surface area contributed by atoms with Gasteiger partial charge in [0.15, 0.2) is 0 Å². The van der Waals surface area contributed by atoms with Crippen molar-refractivity contribution in [2.24, 2.45) is 0 Å². The Bertz CT molecular complexity index is 687. The average molecular weight is 313 g/mol. The van der Waals surface area contributed by atoms with E-state index in [1.54, 1.807) is 0 Å². The van der Waals surface area contributed by atoms with Crippen LogP contribution in [0.25, 0.3) is 0 Å². The molecule has 1 heterocycles. The average Bonchev–Trinajstić information content (AvgIpc) is 2.77. The van der Waals surface area contributed by atoms with Gasteiger partial charge >= 0.3 is 5.97 Å². The van der Waals surface area contributed by atoms with Crippen LogP contribution in [0, 0.1) is 17.1 Å². The molecule has 0 spiro atoms. The largest absolute Gasteiger partial charge is 0.456 e. The van der Waals surface area contributed by atoms with Gasteiger partial charge in [-0.2, -0.15) is 5.26 Å². The van der Waals surface area contributed by atoms with Crippen molar-refractivity contribution in [2.75, 3.05) is 0 Å². The van der Waals surface area contributed by atoms with Crippen molar-refractivity contribution in [3.8, 4) is 6.07 Å². The molecule has 1 aromatic heterocycles. The van der Waals surface area contributed by atoms with Gasteiger partial charge in [0.2, 0.25) is 0 Å². The van der Waals surface area contributed by atoms with E-state index in [-0.39, 0.29) is 33.6 Å². The van der Waals surface area contributed by atoms with Crippen LogP contribution in [0.5, 0.6) is 0 Å².